The third kappa shape index (κ3) is 5.87. The lowest BCUT2D eigenvalue weighted by Gasteiger charge is -2.02. The Bertz CT molecular complexity index is 263. The largest absolute Gasteiger partial charge is 0.396 e. The van der Waals surface area contributed by atoms with E-state index < -0.39 is 0 Å². The van der Waals surface area contributed by atoms with Crippen LogP contribution < -0.4 is 5.32 Å². The Morgan fingerprint density at radius 2 is 2.33 bits per heavy atom. The molecule has 0 aliphatic rings. The van der Waals surface area contributed by atoms with Crippen molar-refractivity contribution in [3.63, 3.8) is 0 Å². The molecule has 0 spiro atoms. The normalized spacial score (nSPS) is 10.8. The molecule has 0 aliphatic carbocycles. The maximum Gasteiger partial charge on any atom is 0.0438 e. The number of aliphatic hydroxyl groups is 1. The highest BCUT2D eigenvalue weighted by Gasteiger charge is 1.94. The summed E-state index contributed by atoms with van der Waals surface area (Å²) < 4.78 is 2.06. The molecule has 0 saturated carbocycles. The molecule has 1 aromatic rings. The van der Waals surface area contributed by atoms with E-state index in [9.17, 15) is 0 Å². The molecule has 1 aromatic heterocycles. The Balaban J connectivity index is 1.93. The SMILES string of the molecule is Cn1ccc(CNCCSCCCO)c1. The van der Waals surface area contributed by atoms with E-state index in [0.29, 0.717) is 6.61 Å². The van der Waals surface area contributed by atoms with Gasteiger partial charge in [-0.15, -0.1) is 0 Å². The van der Waals surface area contributed by atoms with Crippen molar-refractivity contribution in [3.05, 3.63) is 24.0 Å². The molecule has 86 valence electrons. The lowest BCUT2D eigenvalue weighted by Crippen LogP contribution is -2.16. The van der Waals surface area contributed by atoms with Crippen LogP contribution in [0.15, 0.2) is 18.5 Å². The molecule has 0 bridgehead atoms. The van der Waals surface area contributed by atoms with Gasteiger partial charge in [0.25, 0.3) is 0 Å². The van der Waals surface area contributed by atoms with Crippen molar-refractivity contribution in [1.29, 1.82) is 0 Å². The van der Waals surface area contributed by atoms with Crippen LogP contribution in [0.1, 0.15) is 12.0 Å². The van der Waals surface area contributed by atoms with Crippen LogP contribution in [0.25, 0.3) is 0 Å². The fourth-order valence-electron chi connectivity index (χ4n) is 1.31. The van der Waals surface area contributed by atoms with Crippen molar-refractivity contribution < 1.29 is 5.11 Å². The van der Waals surface area contributed by atoms with Gasteiger partial charge in [0.2, 0.25) is 0 Å². The molecule has 0 aromatic carbocycles. The third-order valence-corrected chi connectivity index (χ3v) is 3.16. The predicted octanol–water partition coefficient (Wildman–Crippen LogP) is 1.23. The van der Waals surface area contributed by atoms with Crippen LogP contribution in [0.4, 0.5) is 0 Å². The zero-order valence-electron chi connectivity index (χ0n) is 9.28. The lowest BCUT2D eigenvalue weighted by molar-refractivity contribution is 0.296. The Labute approximate surface area is 95.9 Å². The minimum absolute atomic E-state index is 0.310. The predicted molar refractivity (Wildman–Crippen MR) is 66.1 cm³/mol. The summed E-state index contributed by atoms with van der Waals surface area (Å²) >= 11 is 1.89. The number of aliphatic hydroxyl groups excluding tert-OH is 1. The van der Waals surface area contributed by atoms with E-state index in [2.05, 4.69) is 28.3 Å². The van der Waals surface area contributed by atoms with E-state index in [-0.39, 0.29) is 0 Å². The summed E-state index contributed by atoms with van der Waals surface area (Å²) in [6.07, 6.45) is 5.10. The second kappa shape index (κ2) is 7.79. The van der Waals surface area contributed by atoms with Crippen molar-refractivity contribution in [2.24, 2.45) is 7.05 Å². The topological polar surface area (TPSA) is 37.2 Å². The fraction of sp³-hybridized carbons (Fsp3) is 0.636. The van der Waals surface area contributed by atoms with Gasteiger partial charge in [0.15, 0.2) is 0 Å². The van der Waals surface area contributed by atoms with Gasteiger partial charge < -0.3 is 15.0 Å². The first-order chi connectivity index (χ1) is 7.33. The molecule has 15 heavy (non-hydrogen) atoms. The maximum atomic E-state index is 8.59. The van der Waals surface area contributed by atoms with Crippen molar-refractivity contribution >= 4 is 11.8 Å². The molecule has 0 amide bonds. The second-order valence-electron chi connectivity index (χ2n) is 3.55. The summed E-state index contributed by atoms with van der Waals surface area (Å²) in [6, 6.07) is 2.13. The van der Waals surface area contributed by atoms with Gasteiger partial charge in [-0.3, -0.25) is 0 Å². The monoisotopic (exact) mass is 228 g/mol. The van der Waals surface area contributed by atoms with Crippen molar-refractivity contribution in [3.8, 4) is 0 Å². The van der Waals surface area contributed by atoms with Gasteiger partial charge in [-0.05, 0) is 23.8 Å². The summed E-state index contributed by atoms with van der Waals surface area (Å²) in [5, 5.41) is 12.0. The van der Waals surface area contributed by atoms with Gasteiger partial charge >= 0.3 is 0 Å². The Morgan fingerprint density at radius 3 is 3.00 bits per heavy atom. The van der Waals surface area contributed by atoms with E-state index in [0.717, 1.165) is 31.0 Å². The van der Waals surface area contributed by atoms with Gasteiger partial charge in [0, 0.05) is 44.9 Å². The zero-order chi connectivity index (χ0) is 10.9. The molecular weight excluding hydrogens is 208 g/mol. The molecule has 4 heteroatoms. The van der Waals surface area contributed by atoms with Crippen LogP contribution in [0, 0.1) is 0 Å². The number of rotatable bonds is 8. The van der Waals surface area contributed by atoms with Crippen LogP contribution in [-0.4, -0.2) is 34.3 Å². The third-order valence-electron chi connectivity index (χ3n) is 2.09. The molecule has 1 heterocycles. The summed E-state index contributed by atoms with van der Waals surface area (Å²) in [6.45, 7) is 2.29. The first kappa shape index (κ1) is 12.6. The van der Waals surface area contributed by atoms with Crippen LogP contribution in [0.2, 0.25) is 0 Å². The van der Waals surface area contributed by atoms with Gasteiger partial charge in [-0.25, -0.2) is 0 Å². The Kier molecular flexibility index (Phi) is 6.55. The van der Waals surface area contributed by atoms with Crippen LogP contribution in [0.5, 0.6) is 0 Å². The minimum atomic E-state index is 0.310. The van der Waals surface area contributed by atoms with E-state index in [1.807, 2.05) is 18.8 Å². The highest BCUT2D eigenvalue weighted by Crippen LogP contribution is 2.01. The number of hydrogen-bond acceptors (Lipinski definition) is 3. The molecule has 0 radical (unpaired) electrons. The number of hydrogen-bond donors (Lipinski definition) is 2. The Hall–Kier alpha value is -0.450. The highest BCUT2D eigenvalue weighted by atomic mass is 32.2. The van der Waals surface area contributed by atoms with Gasteiger partial charge in [-0.1, -0.05) is 0 Å². The number of thioether (sulfide) groups is 1. The van der Waals surface area contributed by atoms with Crippen molar-refractivity contribution in [2.45, 2.75) is 13.0 Å². The molecule has 0 unspecified atom stereocenters. The van der Waals surface area contributed by atoms with Crippen LogP contribution in [0.3, 0.4) is 0 Å². The Morgan fingerprint density at radius 1 is 1.47 bits per heavy atom. The molecule has 0 aliphatic heterocycles. The van der Waals surface area contributed by atoms with Gasteiger partial charge in [-0.2, -0.15) is 11.8 Å². The summed E-state index contributed by atoms with van der Waals surface area (Å²) in [7, 11) is 2.04. The number of aryl methyl sites for hydroxylation is 1. The summed E-state index contributed by atoms with van der Waals surface area (Å²) in [5.74, 6) is 2.18. The van der Waals surface area contributed by atoms with Crippen LogP contribution >= 0.6 is 11.8 Å². The average molecular weight is 228 g/mol. The van der Waals surface area contributed by atoms with E-state index in [4.69, 9.17) is 5.11 Å². The standard InChI is InChI=1S/C11H20N2OS/c1-13-5-3-11(10-13)9-12-4-8-15-7-2-6-14/h3,5,10,12,14H,2,4,6-9H2,1H3. The lowest BCUT2D eigenvalue weighted by atomic mass is 10.3. The average Bonchev–Trinajstić information content (AvgIpc) is 2.63. The molecule has 3 nitrogen and oxygen atoms in total. The highest BCUT2D eigenvalue weighted by molar-refractivity contribution is 7.99. The van der Waals surface area contributed by atoms with Crippen molar-refractivity contribution in [1.82, 2.24) is 9.88 Å². The fourth-order valence-corrected chi connectivity index (χ4v) is 2.14. The number of aromatic nitrogens is 1. The number of nitrogens with one attached hydrogen (secondary N) is 1. The maximum absolute atomic E-state index is 8.59. The van der Waals surface area contributed by atoms with E-state index >= 15 is 0 Å². The first-order valence-electron chi connectivity index (χ1n) is 5.33. The van der Waals surface area contributed by atoms with Gasteiger partial charge in [0.1, 0.15) is 0 Å². The number of nitrogens with zero attached hydrogens (tertiary/aromatic N) is 1. The van der Waals surface area contributed by atoms with Crippen LogP contribution in [-0.2, 0) is 13.6 Å². The zero-order valence-corrected chi connectivity index (χ0v) is 10.1. The molecule has 0 fully saturated rings. The van der Waals surface area contributed by atoms with Gasteiger partial charge in [0.05, 0.1) is 0 Å². The molecule has 2 N–H and O–H groups in total. The first-order valence-corrected chi connectivity index (χ1v) is 6.48. The molecular formula is C11H20N2OS. The molecule has 0 saturated heterocycles. The van der Waals surface area contributed by atoms with E-state index in [1.165, 1.54) is 5.56 Å². The van der Waals surface area contributed by atoms with E-state index in [1.54, 1.807) is 0 Å². The smallest absolute Gasteiger partial charge is 0.0438 e. The van der Waals surface area contributed by atoms with Crippen molar-refractivity contribution in [2.75, 3.05) is 24.7 Å². The summed E-state index contributed by atoms with van der Waals surface area (Å²) in [4.78, 5) is 0. The molecule has 1 rings (SSSR count). The minimum Gasteiger partial charge on any atom is -0.396 e. The second-order valence-corrected chi connectivity index (χ2v) is 4.78. The quantitative estimate of drug-likeness (QED) is 0.657. The molecule has 0 atom stereocenters. The summed E-state index contributed by atoms with van der Waals surface area (Å²) in [5.41, 5.74) is 1.33.